The maximum atomic E-state index is 11.3. The predicted octanol–water partition coefficient (Wildman–Crippen LogP) is 21.8. The Kier molecular flexibility index (Phi) is 10.5. The second kappa shape index (κ2) is 19.2. The van der Waals surface area contributed by atoms with E-state index < -0.39 is 0 Å². The molecule has 0 radical (unpaired) electrons. The molecule has 0 fully saturated rings. The van der Waals surface area contributed by atoms with E-state index in [4.69, 9.17) is 0 Å². The highest BCUT2D eigenvalue weighted by Crippen LogP contribution is 2.55. The average Bonchev–Trinajstić information content (AvgIpc) is 1.46. The van der Waals surface area contributed by atoms with Crippen LogP contribution in [0.5, 0.6) is 0 Å². The van der Waals surface area contributed by atoms with E-state index in [0.29, 0.717) is 5.56 Å². The van der Waals surface area contributed by atoms with E-state index in [2.05, 4.69) is 337 Å². The highest BCUT2D eigenvalue weighted by atomic mass is 15.2. The standard InChI is InChI=1S/C85H51N7/c86-52-53-25-24-26-54(51-53)78-81(88-67-39-14-4-29-56(67)57-30-5-15-40-68(57)88)83(90-71-43-18-8-33-60(71)61-34-9-19-44-72(61)90)85(92-75-47-22-12-37-64(75)65-49-50-77-79(80(65)92)66-38-13-23-48-76(66)87(77)55-27-2-1-3-28-55)84(91-73-45-20-10-35-62(73)63-36-11-21-46-74(63)91)82(78)89-69-41-16-6-31-58(69)59-32-7-17-42-70(59)89/h1-51H. The lowest BCUT2D eigenvalue weighted by Crippen LogP contribution is -2.18. The van der Waals surface area contributed by atoms with Crippen molar-refractivity contribution in [1.82, 2.24) is 27.4 Å². The molecule has 0 unspecified atom stereocenters. The van der Waals surface area contributed by atoms with E-state index in [-0.39, 0.29) is 0 Å². The summed E-state index contributed by atoms with van der Waals surface area (Å²) in [6, 6.07) is 116. The van der Waals surface area contributed by atoms with Crippen molar-refractivity contribution in [3.8, 4) is 51.3 Å². The third kappa shape index (κ3) is 6.76. The molecule has 92 heavy (non-hydrogen) atoms. The van der Waals surface area contributed by atoms with Gasteiger partial charge in [0.15, 0.2) is 0 Å². The highest BCUT2D eigenvalue weighted by molar-refractivity contribution is 6.27. The third-order valence-corrected chi connectivity index (χ3v) is 19.6. The first-order valence-corrected chi connectivity index (χ1v) is 31.4. The Balaban J connectivity index is 1.19. The van der Waals surface area contributed by atoms with Crippen LogP contribution in [-0.2, 0) is 0 Å². The Hall–Kier alpha value is -12.6. The smallest absolute Gasteiger partial charge is 0.0991 e. The van der Waals surface area contributed by atoms with Gasteiger partial charge in [-0.3, -0.25) is 0 Å². The van der Waals surface area contributed by atoms with Crippen LogP contribution >= 0.6 is 0 Å². The second-order valence-corrected chi connectivity index (χ2v) is 24.2. The van der Waals surface area contributed by atoms with Gasteiger partial charge in [0.05, 0.1) is 106 Å². The largest absolute Gasteiger partial charge is 0.309 e. The second-order valence-electron chi connectivity index (χ2n) is 24.2. The summed E-state index contributed by atoms with van der Waals surface area (Å²) in [6.45, 7) is 0. The molecule has 0 aliphatic rings. The van der Waals surface area contributed by atoms with E-state index in [0.717, 1.165) is 176 Å². The van der Waals surface area contributed by atoms with Crippen molar-refractivity contribution in [2.75, 3.05) is 0 Å². The molecule has 6 heterocycles. The molecule has 7 nitrogen and oxygen atoms in total. The molecular formula is C85H51N7. The van der Waals surface area contributed by atoms with Crippen LogP contribution in [0.15, 0.2) is 309 Å². The van der Waals surface area contributed by atoms with Crippen molar-refractivity contribution >= 4 is 131 Å². The number of hydrogen-bond donors (Lipinski definition) is 0. The quantitative estimate of drug-likeness (QED) is 0.157. The Morgan fingerprint density at radius 1 is 0.217 bits per heavy atom. The summed E-state index contributed by atoms with van der Waals surface area (Å²) in [4.78, 5) is 0. The molecule has 0 atom stereocenters. The van der Waals surface area contributed by atoms with Gasteiger partial charge >= 0.3 is 0 Å². The van der Waals surface area contributed by atoms with Crippen LogP contribution in [0.4, 0.5) is 0 Å². The molecule has 20 aromatic rings. The van der Waals surface area contributed by atoms with Crippen LogP contribution in [0, 0.1) is 11.3 Å². The number of nitriles is 1. The monoisotopic (exact) mass is 1170 g/mol. The molecule has 7 heteroatoms. The fourth-order valence-corrected chi connectivity index (χ4v) is 16.0. The molecule has 426 valence electrons. The molecule has 0 saturated carbocycles. The lowest BCUT2D eigenvalue weighted by atomic mass is 9.94. The lowest BCUT2D eigenvalue weighted by Gasteiger charge is -2.32. The molecular weight excluding hydrogens is 1120 g/mol. The maximum absolute atomic E-state index is 11.3. The van der Waals surface area contributed by atoms with E-state index in [1.165, 1.54) is 0 Å². The normalized spacial score (nSPS) is 12.1. The Labute approximate surface area is 526 Å². The van der Waals surface area contributed by atoms with Gasteiger partial charge in [0.25, 0.3) is 0 Å². The highest BCUT2D eigenvalue weighted by Gasteiger charge is 2.37. The number of benzene rings is 14. The average molecular weight is 1170 g/mol. The molecule has 0 aliphatic carbocycles. The summed E-state index contributed by atoms with van der Waals surface area (Å²) >= 11 is 0. The molecule has 14 aromatic carbocycles. The minimum absolute atomic E-state index is 0.560. The van der Waals surface area contributed by atoms with Gasteiger partial charge in [-0.25, -0.2) is 0 Å². The van der Waals surface area contributed by atoms with Crippen LogP contribution in [0.2, 0.25) is 0 Å². The van der Waals surface area contributed by atoms with Crippen molar-refractivity contribution in [3.63, 3.8) is 0 Å². The van der Waals surface area contributed by atoms with Gasteiger partial charge in [-0.15, -0.1) is 0 Å². The zero-order chi connectivity index (χ0) is 60.3. The Bertz CT molecular complexity index is 6120. The molecule has 0 amide bonds. The summed E-state index contributed by atoms with van der Waals surface area (Å²) in [5, 5.41) is 24.9. The minimum atomic E-state index is 0.560. The minimum Gasteiger partial charge on any atom is -0.309 e. The van der Waals surface area contributed by atoms with E-state index in [1.807, 2.05) is 6.07 Å². The van der Waals surface area contributed by atoms with Gasteiger partial charge < -0.3 is 27.4 Å². The molecule has 0 aliphatic heterocycles. The SMILES string of the molecule is N#Cc1cccc(-c2c(-n3c4ccccc4c4ccccc43)c(-n3c4ccccc4c4ccccc43)c(-n3c4ccccc4c4ccc5c(c6ccccc6n5-c5ccccc5)c43)c(-n3c4ccccc4c4ccccc43)c2-n2c3ccccc3c3ccccc32)c1. The molecule has 20 rings (SSSR count). The topological polar surface area (TPSA) is 53.4 Å². The number of hydrogen-bond acceptors (Lipinski definition) is 1. The zero-order valence-corrected chi connectivity index (χ0v) is 49.6. The zero-order valence-electron chi connectivity index (χ0n) is 49.6. The van der Waals surface area contributed by atoms with Crippen LogP contribution in [0.25, 0.3) is 176 Å². The van der Waals surface area contributed by atoms with Gasteiger partial charge in [0.1, 0.15) is 0 Å². The van der Waals surface area contributed by atoms with Crippen molar-refractivity contribution < 1.29 is 0 Å². The molecule has 6 aromatic heterocycles. The van der Waals surface area contributed by atoms with E-state index in [9.17, 15) is 5.26 Å². The van der Waals surface area contributed by atoms with E-state index >= 15 is 0 Å². The maximum Gasteiger partial charge on any atom is 0.0991 e. The van der Waals surface area contributed by atoms with Gasteiger partial charge in [0.2, 0.25) is 0 Å². The Morgan fingerprint density at radius 2 is 0.522 bits per heavy atom. The first-order chi connectivity index (χ1) is 45.7. The molecule has 0 spiro atoms. The van der Waals surface area contributed by atoms with Crippen molar-refractivity contribution in [1.29, 1.82) is 5.26 Å². The first kappa shape index (κ1) is 50.4. The molecule has 0 bridgehead atoms. The fourth-order valence-electron chi connectivity index (χ4n) is 16.0. The van der Waals surface area contributed by atoms with Gasteiger partial charge in [0, 0.05) is 75.9 Å². The number of aromatic nitrogens is 6. The first-order valence-electron chi connectivity index (χ1n) is 31.4. The van der Waals surface area contributed by atoms with E-state index in [1.54, 1.807) is 0 Å². The summed E-state index contributed by atoms with van der Waals surface area (Å²) < 4.78 is 15.5. The number of para-hydroxylation sites is 11. The lowest BCUT2D eigenvalue weighted by molar-refractivity contribution is 1.00. The Morgan fingerprint density at radius 3 is 0.902 bits per heavy atom. The predicted molar refractivity (Wildman–Crippen MR) is 383 cm³/mol. The summed E-state index contributed by atoms with van der Waals surface area (Å²) in [7, 11) is 0. The number of fused-ring (bicyclic) bond motifs is 19. The van der Waals surface area contributed by atoms with Crippen LogP contribution in [-0.4, -0.2) is 27.4 Å². The molecule has 0 saturated heterocycles. The van der Waals surface area contributed by atoms with Crippen molar-refractivity contribution in [2.45, 2.75) is 0 Å². The fraction of sp³-hybridized carbons (Fsp3) is 0. The molecule has 0 N–H and O–H groups in total. The van der Waals surface area contributed by atoms with Crippen molar-refractivity contribution in [3.05, 3.63) is 315 Å². The summed E-state index contributed by atoms with van der Waals surface area (Å²) in [6.07, 6.45) is 0. The summed E-state index contributed by atoms with van der Waals surface area (Å²) in [5.74, 6) is 0. The number of rotatable bonds is 7. The number of nitrogens with zero attached hydrogens (tertiary/aromatic N) is 7. The van der Waals surface area contributed by atoms with Crippen LogP contribution in [0.3, 0.4) is 0 Å². The van der Waals surface area contributed by atoms with Gasteiger partial charge in [-0.05, 0) is 96.6 Å². The third-order valence-electron chi connectivity index (χ3n) is 19.6. The van der Waals surface area contributed by atoms with Gasteiger partial charge in [-0.2, -0.15) is 5.26 Å². The summed E-state index contributed by atoms with van der Waals surface area (Å²) in [5.41, 5.74) is 21.0. The van der Waals surface area contributed by atoms with Crippen LogP contribution in [0.1, 0.15) is 5.56 Å². The van der Waals surface area contributed by atoms with Crippen LogP contribution < -0.4 is 0 Å². The van der Waals surface area contributed by atoms with Crippen molar-refractivity contribution in [2.24, 2.45) is 0 Å². The van der Waals surface area contributed by atoms with Gasteiger partial charge in [-0.1, -0.05) is 218 Å².